The second-order valence-electron chi connectivity index (χ2n) is 9.25. The van der Waals surface area contributed by atoms with E-state index in [1.165, 1.54) is 28.8 Å². The Hall–Kier alpha value is -2.72. The van der Waals surface area contributed by atoms with Crippen LogP contribution in [-0.2, 0) is 26.2 Å². The number of sulfonamides is 1. The van der Waals surface area contributed by atoms with Gasteiger partial charge in [-0.25, -0.2) is 8.42 Å². The van der Waals surface area contributed by atoms with Gasteiger partial charge in [-0.05, 0) is 80.6 Å². The number of anilines is 1. The standard InChI is InChI=1S/C29H33Cl2N3O4S2/c1-5-16-32-29(36)21(3)33(18-22-8-9-23(30)17-27(22)31)28(35)19-34(24-10-6-20(2)7-11-24)40(37,38)26-14-12-25(39-4)13-15-26/h6-15,17,21H,5,16,18-19H2,1-4H3,(H,32,36)/t21-/m0/s1. The Kier molecular flexibility index (Phi) is 11.3. The molecular formula is C29H33Cl2N3O4S2. The number of rotatable bonds is 12. The Bertz CT molecular complexity index is 1430. The van der Waals surface area contributed by atoms with E-state index in [1.807, 2.05) is 20.1 Å². The van der Waals surface area contributed by atoms with Gasteiger partial charge in [-0.1, -0.05) is 53.9 Å². The number of carbonyl (C=O) groups excluding carboxylic acids is 2. The van der Waals surface area contributed by atoms with Crippen molar-refractivity contribution < 1.29 is 18.0 Å². The molecule has 0 fully saturated rings. The molecule has 0 saturated carbocycles. The van der Waals surface area contributed by atoms with E-state index in [1.54, 1.807) is 61.5 Å². The fraction of sp³-hybridized carbons (Fsp3) is 0.310. The summed E-state index contributed by atoms with van der Waals surface area (Å²) in [4.78, 5) is 29.2. The molecule has 0 bridgehead atoms. The quantitative estimate of drug-likeness (QED) is 0.245. The minimum absolute atomic E-state index is 0.0141. The molecule has 0 aliphatic carbocycles. The number of nitrogens with one attached hydrogen (secondary N) is 1. The lowest BCUT2D eigenvalue weighted by molar-refractivity contribution is -0.139. The van der Waals surface area contributed by atoms with Gasteiger partial charge in [0.1, 0.15) is 12.6 Å². The molecule has 2 amide bonds. The maximum absolute atomic E-state index is 13.9. The zero-order valence-corrected chi connectivity index (χ0v) is 26.0. The van der Waals surface area contributed by atoms with Crippen molar-refractivity contribution in [1.29, 1.82) is 0 Å². The molecular weight excluding hydrogens is 589 g/mol. The lowest BCUT2D eigenvalue weighted by Crippen LogP contribution is -2.51. The van der Waals surface area contributed by atoms with Gasteiger partial charge in [0.15, 0.2) is 0 Å². The maximum Gasteiger partial charge on any atom is 0.264 e. The van der Waals surface area contributed by atoms with Crippen LogP contribution in [0.4, 0.5) is 5.69 Å². The normalized spacial score (nSPS) is 12.1. The lowest BCUT2D eigenvalue weighted by Gasteiger charge is -2.32. The highest BCUT2D eigenvalue weighted by molar-refractivity contribution is 7.98. The topological polar surface area (TPSA) is 86.8 Å². The van der Waals surface area contributed by atoms with Gasteiger partial charge in [0.2, 0.25) is 11.8 Å². The van der Waals surface area contributed by atoms with E-state index in [0.717, 1.165) is 21.2 Å². The van der Waals surface area contributed by atoms with Crippen molar-refractivity contribution in [2.45, 2.75) is 49.6 Å². The zero-order valence-electron chi connectivity index (χ0n) is 22.9. The third-order valence-electron chi connectivity index (χ3n) is 6.32. The number of aryl methyl sites for hydroxylation is 1. The second-order valence-corrected chi connectivity index (χ2v) is 12.8. The molecule has 0 aliphatic rings. The second kappa shape index (κ2) is 14.3. The first-order valence-corrected chi connectivity index (χ1v) is 16.1. The Morgan fingerprint density at radius 2 is 1.65 bits per heavy atom. The highest BCUT2D eigenvalue weighted by Crippen LogP contribution is 2.27. The number of carbonyl (C=O) groups is 2. The van der Waals surface area contributed by atoms with Gasteiger partial charge in [-0.2, -0.15) is 0 Å². The average Bonchev–Trinajstić information content (AvgIpc) is 2.94. The van der Waals surface area contributed by atoms with E-state index in [4.69, 9.17) is 23.2 Å². The Balaban J connectivity index is 2.03. The minimum atomic E-state index is -4.13. The summed E-state index contributed by atoms with van der Waals surface area (Å²) in [7, 11) is -4.13. The SMILES string of the molecule is CCCNC(=O)[C@H](C)N(Cc1ccc(Cl)cc1Cl)C(=O)CN(c1ccc(C)cc1)S(=O)(=O)c1ccc(SC)cc1. The molecule has 7 nitrogen and oxygen atoms in total. The van der Waals surface area contributed by atoms with Crippen LogP contribution in [-0.4, -0.2) is 50.5 Å². The molecule has 0 aromatic heterocycles. The van der Waals surface area contributed by atoms with Crippen molar-refractivity contribution in [1.82, 2.24) is 10.2 Å². The fourth-order valence-corrected chi connectivity index (χ4v) is 6.22. The molecule has 3 aromatic carbocycles. The predicted octanol–water partition coefficient (Wildman–Crippen LogP) is 6.16. The van der Waals surface area contributed by atoms with E-state index >= 15 is 0 Å². The largest absolute Gasteiger partial charge is 0.354 e. The first-order valence-electron chi connectivity index (χ1n) is 12.7. The summed E-state index contributed by atoms with van der Waals surface area (Å²) < 4.78 is 28.9. The van der Waals surface area contributed by atoms with E-state index in [0.29, 0.717) is 27.8 Å². The van der Waals surface area contributed by atoms with Gasteiger partial charge < -0.3 is 10.2 Å². The maximum atomic E-state index is 13.9. The molecule has 1 atom stereocenters. The van der Waals surface area contributed by atoms with Crippen LogP contribution in [0.15, 0.2) is 76.5 Å². The van der Waals surface area contributed by atoms with Gasteiger partial charge in [0, 0.05) is 28.0 Å². The van der Waals surface area contributed by atoms with Crippen LogP contribution in [0.1, 0.15) is 31.4 Å². The average molecular weight is 623 g/mol. The summed E-state index contributed by atoms with van der Waals surface area (Å²) in [5.74, 6) is -0.910. The van der Waals surface area contributed by atoms with Crippen molar-refractivity contribution in [3.8, 4) is 0 Å². The fourth-order valence-electron chi connectivity index (χ4n) is 3.93. The molecule has 0 radical (unpaired) electrons. The molecule has 3 aromatic rings. The van der Waals surface area contributed by atoms with Gasteiger partial charge in [-0.3, -0.25) is 13.9 Å². The van der Waals surface area contributed by atoms with Crippen LogP contribution >= 0.6 is 35.0 Å². The van der Waals surface area contributed by atoms with E-state index in [9.17, 15) is 18.0 Å². The van der Waals surface area contributed by atoms with Crippen LogP contribution in [0.25, 0.3) is 0 Å². The van der Waals surface area contributed by atoms with Gasteiger partial charge in [0.05, 0.1) is 10.6 Å². The summed E-state index contributed by atoms with van der Waals surface area (Å²) in [5.41, 5.74) is 1.85. The number of amides is 2. The highest BCUT2D eigenvalue weighted by Gasteiger charge is 2.32. The van der Waals surface area contributed by atoms with Crippen molar-refractivity contribution in [2.75, 3.05) is 23.7 Å². The third kappa shape index (κ3) is 7.94. The Morgan fingerprint density at radius 1 is 1.00 bits per heavy atom. The van der Waals surface area contributed by atoms with E-state index < -0.39 is 28.5 Å². The molecule has 0 unspecified atom stereocenters. The summed E-state index contributed by atoms with van der Waals surface area (Å²) in [6.07, 6.45) is 2.63. The molecule has 0 spiro atoms. The Labute approximate surface area is 250 Å². The van der Waals surface area contributed by atoms with Gasteiger partial charge >= 0.3 is 0 Å². The summed E-state index contributed by atoms with van der Waals surface area (Å²) in [5, 5.41) is 3.59. The first-order chi connectivity index (χ1) is 19.0. The van der Waals surface area contributed by atoms with Crippen LogP contribution in [0.2, 0.25) is 10.0 Å². The van der Waals surface area contributed by atoms with Crippen LogP contribution in [0.3, 0.4) is 0 Å². The molecule has 40 heavy (non-hydrogen) atoms. The molecule has 1 N–H and O–H groups in total. The summed E-state index contributed by atoms with van der Waals surface area (Å²) in [6, 6.07) is 17.4. The van der Waals surface area contributed by atoms with Crippen LogP contribution < -0.4 is 9.62 Å². The number of halogens is 2. The summed E-state index contributed by atoms with van der Waals surface area (Å²) >= 11 is 14.0. The highest BCUT2D eigenvalue weighted by atomic mass is 35.5. The van der Waals surface area contributed by atoms with Crippen LogP contribution in [0.5, 0.6) is 0 Å². The first kappa shape index (κ1) is 31.8. The number of benzene rings is 3. The van der Waals surface area contributed by atoms with Gasteiger partial charge in [-0.15, -0.1) is 11.8 Å². The van der Waals surface area contributed by atoms with Crippen molar-refractivity contribution in [2.24, 2.45) is 0 Å². The molecule has 3 rings (SSSR count). The van der Waals surface area contributed by atoms with E-state index in [-0.39, 0.29) is 17.3 Å². The van der Waals surface area contributed by atoms with Gasteiger partial charge in [0.25, 0.3) is 10.0 Å². The predicted molar refractivity (Wildman–Crippen MR) is 164 cm³/mol. The number of hydrogen-bond donors (Lipinski definition) is 1. The number of hydrogen-bond acceptors (Lipinski definition) is 5. The molecule has 0 aliphatic heterocycles. The smallest absolute Gasteiger partial charge is 0.264 e. The minimum Gasteiger partial charge on any atom is -0.354 e. The Morgan fingerprint density at radius 3 is 2.23 bits per heavy atom. The van der Waals surface area contributed by atoms with E-state index in [2.05, 4.69) is 5.32 Å². The molecule has 0 saturated heterocycles. The number of thioether (sulfide) groups is 1. The molecule has 0 heterocycles. The van der Waals surface area contributed by atoms with Crippen molar-refractivity contribution in [3.05, 3.63) is 87.9 Å². The van der Waals surface area contributed by atoms with Crippen molar-refractivity contribution >= 4 is 62.5 Å². The third-order valence-corrected chi connectivity index (χ3v) is 9.44. The lowest BCUT2D eigenvalue weighted by atomic mass is 10.1. The van der Waals surface area contributed by atoms with Crippen LogP contribution in [0, 0.1) is 6.92 Å². The molecule has 11 heteroatoms. The number of nitrogens with zero attached hydrogens (tertiary/aromatic N) is 2. The zero-order chi connectivity index (χ0) is 29.4. The summed E-state index contributed by atoms with van der Waals surface area (Å²) in [6.45, 7) is 5.34. The monoisotopic (exact) mass is 621 g/mol. The molecule has 214 valence electrons. The van der Waals surface area contributed by atoms with Crippen molar-refractivity contribution in [3.63, 3.8) is 0 Å².